The molecule has 33 heavy (non-hydrogen) atoms. The molecule has 2 heterocycles. The number of methoxy groups -OCH3 is 1. The van der Waals surface area contributed by atoms with Crippen LogP contribution in [0.4, 0.5) is 0 Å². The van der Waals surface area contributed by atoms with Crippen molar-refractivity contribution in [3.8, 4) is 28.4 Å². The molecule has 0 saturated heterocycles. The summed E-state index contributed by atoms with van der Waals surface area (Å²) in [5.74, 6) is 1.16. The summed E-state index contributed by atoms with van der Waals surface area (Å²) in [6.45, 7) is 1.99. The molecule has 172 valence electrons. The Hall–Kier alpha value is -3.93. The Morgan fingerprint density at radius 2 is 1.85 bits per heavy atom. The number of benzene rings is 2. The molecule has 0 aliphatic carbocycles. The Kier molecular flexibility index (Phi) is 5.77. The lowest BCUT2D eigenvalue weighted by molar-refractivity contribution is 0.294. The summed E-state index contributed by atoms with van der Waals surface area (Å²) in [5.41, 5.74) is 2.87. The van der Waals surface area contributed by atoms with Gasteiger partial charge in [0.1, 0.15) is 18.1 Å². The van der Waals surface area contributed by atoms with Crippen molar-refractivity contribution in [3.05, 3.63) is 70.3 Å². The lowest BCUT2D eigenvalue weighted by Crippen LogP contribution is -2.23. The van der Waals surface area contributed by atoms with Crippen molar-refractivity contribution in [2.75, 3.05) is 13.4 Å². The second-order valence-corrected chi connectivity index (χ2v) is 9.20. The molecule has 12 heteroatoms. The third kappa shape index (κ3) is 4.37. The maximum absolute atomic E-state index is 12.4. The number of tetrazole rings is 1. The molecule has 0 aliphatic rings. The first-order chi connectivity index (χ1) is 15.7. The fraction of sp³-hybridized carbons (Fsp3) is 0.238. The molecule has 0 aliphatic heterocycles. The quantitative estimate of drug-likeness (QED) is 0.398. The molecule has 0 unspecified atom stereocenters. The molecule has 4 aromatic rings. The van der Waals surface area contributed by atoms with E-state index in [4.69, 9.17) is 9.47 Å². The van der Waals surface area contributed by atoms with E-state index in [1.165, 1.54) is 25.0 Å². The van der Waals surface area contributed by atoms with Crippen molar-refractivity contribution >= 4 is 10.0 Å². The van der Waals surface area contributed by atoms with Crippen molar-refractivity contribution in [1.82, 2.24) is 29.0 Å². The SMILES string of the molecule is COc1cccc(-n2nnn(C)c2=O)c1COc1ccc(-c2ccn(S(C)(=O)=O)n2)cc1C. The Balaban J connectivity index is 1.62. The zero-order chi connectivity index (χ0) is 23.8. The minimum atomic E-state index is -3.45. The minimum Gasteiger partial charge on any atom is -0.496 e. The molecular formula is C21H22N6O5S. The first-order valence-electron chi connectivity index (χ1n) is 9.84. The maximum atomic E-state index is 12.4. The summed E-state index contributed by atoms with van der Waals surface area (Å²) in [7, 11) is -0.390. The third-order valence-electron chi connectivity index (χ3n) is 5.03. The molecule has 0 fully saturated rings. The largest absolute Gasteiger partial charge is 0.496 e. The van der Waals surface area contributed by atoms with Crippen molar-refractivity contribution in [3.63, 3.8) is 0 Å². The van der Waals surface area contributed by atoms with E-state index in [9.17, 15) is 13.2 Å². The predicted octanol–water partition coefficient (Wildman–Crippen LogP) is 1.53. The lowest BCUT2D eigenvalue weighted by Gasteiger charge is -2.15. The van der Waals surface area contributed by atoms with E-state index in [2.05, 4.69) is 15.5 Å². The molecule has 0 atom stereocenters. The van der Waals surface area contributed by atoms with Crippen molar-refractivity contribution in [1.29, 1.82) is 0 Å². The van der Waals surface area contributed by atoms with Crippen LogP contribution in [-0.2, 0) is 23.7 Å². The van der Waals surface area contributed by atoms with Crippen LogP contribution in [0.1, 0.15) is 11.1 Å². The van der Waals surface area contributed by atoms with Crippen molar-refractivity contribution < 1.29 is 17.9 Å². The molecule has 2 aromatic heterocycles. The first kappa shape index (κ1) is 22.3. The summed E-state index contributed by atoms with van der Waals surface area (Å²) in [4.78, 5) is 12.4. The van der Waals surface area contributed by atoms with Gasteiger partial charge in [-0.15, -0.1) is 0 Å². The van der Waals surface area contributed by atoms with Gasteiger partial charge < -0.3 is 9.47 Å². The van der Waals surface area contributed by atoms with Crippen LogP contribution in [0.15, 0.2) is 53.5 Å². The number of rotatable bonds is 7. The van der Waals surface area contributed by atoms with E-state index < -0.39 is 15.7 Å². The van der Waals surface area contributed by atoms with Gasteiger partial charge in [-0.2, -0.15) is 18.5 Å². The summed E-state index contributed by atoms with van der Waals surface area (Å²) in [6.07, 6.45) is 2.50. The summed E-state index contributed by atoms with van der Waals surface area (Å²) < 4.78 is 38.1. The van der Waals surface area contributed by atoms with Crippen LogP contribution in [0.25, 0.3) is 16.9 Å². The highest BCUT2D eigenvalue weighted by molar-refractivity contribution is 7.89. The maximum Gasteiger partial charge on any atom is 0.368 e. The highest BCUT2D eigenvalue weighted by atomic mass is 32.2. The molecule has 11 nitrogen and oxygen atoms in total. The molecule has 0 spiro atoms. The fourth-order valence-corrected chi connectivity index (χ4v) is 3.84. The van der Waals surface area contributed by atoms with Crippen molar-refractivity contribution in [2.45, 2.75) is 13.5 Å². The average molecular weight is 471 g/mol. The van der Waals surface area contributed by atoms with Crippen LogP contribution in [-0.4, -0.2) is 50.8 Å². The number of hydrogen-bond donors (Lipinski definition) is 0. The van der Waals surface area contributed by atoms with Crippen LogP contribution in [0, 0.1) is 6.92 Å². The Bertz CT molecular complexity index is 1490. The smallest absolute Gasteiger partial charge is 0.368 e. The normalized spacial score (nSPS) is 11.5. The second-order valence-electron chi connectivity index (χ2n) is 7.36. The highest BCUT2D eigenvalue weighted by Gasteiger charge is 2.17. The van der Waals surface area contributed by atoms with Gasteiger partial charge in [-0.1, -0.05) is 6.07 Å². The van der Waals surface area contributed by atoms with E-state index in [1.54, 1.807) is 36.4 Å². The van der Waals surface area contributed by atoms with Gasteiger partial charge in [0.2, 0.25) is 0 Å². The van der Waals surface area contributed by atoms with Gasteiger partial charge in [-0.25, -0.2) is 13.2 Å². The molecule has 0 N–H and O–H groups in total. The summed E-state index contributed by atoms with van der Waals surface area (Å²) in [5, 5.41) is 11.8. The van der Waals surface area contributed by atoms with E-state index in [0.717, 1.165) is 26.2 Å². The first-order valence-corrected chi connectivity index (χ1v) is 11.7. The molecule has 4 rings (SSSR count). The topological polar surface area (TPSA) is 123 Å². The van der Waals surface area contributed by atoms with E-state index >= 15 is 0 Å². The molecular weight excluding hydrogens is 448 g/mol. The van der Waals surface area contributed by atoms with Gasteiger partial charge in [0.25, 0.3) is 10.0 Å². The lowest BCUT2D eigenvalue weighted by atomic mass is 10.1. The number of hydrogen-bond acceptors (Lipinski definition) is 8. The number of aromatic nitrogens is 6. The van der Waals surface area contributed by atoms with Gasteiger partial charge >= 0.3 is 5.69 Å². The number of ether oxygens (including phenoxy) is 2. The Labute approximate surface area is 189 Å². The third-order valence-corrected chi connectivity index (χ3v) is 5.91. The van der Waals surface area contributed by atoms with Crippen LogP contribution >= 0.6 is 0 Å². The van der Waals surface area contributed by atoms with Crippen LogP contribution in [0.5, 0.6) is 11.5 Å². The average Bonchev–Trinajstić information content (AvgIpc) is 3.40. The van der Waals surface area contributed by atoms with Gasteiger partial charge in [0.15, 0.2) is 0 Å². The van der Waals surface area contributed by atoms with Crippen molar-refractivity contribution in [2.24, 2.45) is 7.05 Å². The van der Waals surface area contributed by atoms with Gasteiger partial charge in [0, 0.05) is 18.8 Å². The molecule has 0 saturated carbocycles. The Morgan fingerprint density at radius 1 is 1.06 bits per heavy atom. The summed E-state index contributed by atoms with van der Waals surface area (Å²) >= 11 is 0. The highest BCUT2D eigenvalue weighted by Crippen LogP contribution is 2.29. The summed E-state index contributed by atoms with van der Waals surface area (Å²) in [6, 6.07) is 12.4. The van der Waals surface area contributed by atoms with Crippen LogP contribution in [0.3, 0.4) is 0 Å². The molecule has 0 amide bonds. The molecule has 0 radical (unpaired) electrons. The van der Waals surface area contributed by atoms with Gasteiger partial charge in [-0.3, -0.25) is 0 Å². The Morgan fingerprint density at radius 3 is 2.45 bits per heavy atom. The number of nitrogens with zero attached hydrogens (tertiary/aromatic N) is 6. The standard InChI is InChI=1S/C21H22N6O5S/c1-14-12-15(17-10-11-26(22-17)33(4,29)30)8-9-19(14)32-13-16-18(6-5-7-20(16)31-3)27-21(28)25(2)23-24-27/h5-12H,13H2,1-4H3. The van der Waals surface area contributed by atoms with E-state index in [-0.39, 0.29) is 6.61 Å². The second kappa shape index (κ2) is 8.54. The van der Waals surface area contributed by atoms with E-state index in [0.29, 0.717) is 28.4 Å². The monoisotopic (exact) mass is 470 g/mol. The zero-order valence-electron chi connectivity index (χ0n) is 18.5. The minimum absolute atomic E-state index is 0.116. The molecule has 0 bridgehead atoms. The molecule has 2 aromatic carbocycles. The van der Waals surface area contributed by atoms with Crippen LogP contribution < -0.4 is 15.2 Å². The van der Waals surface area contributed by atoms with Crippen LogP contribution in [0.2, 0.25) is 0 Å². The zero-order valence-corrected chi connectivity index (χ0v) is 19.3. The van der Waals surface area contributed by atoms with Gasteiger partial charge in [0.05, 0.1) is 30.3 Å². The fourth-order valence-electron chi connectivity index (χ4n) is 3.32. The van der Waals surface area contributed by atoms with Gasteiger partial charge in [-0.05, 0) is 59.3 Å². The number of aryl methyl sites for hydroxylation is 2. The van der Waals surface area contributed by atoms with E-state index in [1.807, 2.05) is 13.0 Å². The predicted molar refractivity (Wildman–Crippen MR) is 120 cm³/mol.